The maximum Gasteiger partial charge on any atom is 0.472 e. The number of rotatable bonds is 83. The van der Waals surface area contributed by atoms with Crippen molar-refractivity contribution in [2.75, 3.05) is 39.6 Å². The Kier molecular flexibility index (Phi) is 73.4. The molecule has 3 N–H and O–H groups in total. The second-order valence-corrected chi connectivity index (χ2v) is 35.5. The molecule has 6 atom stereocenters. The molecule has 0 aliphatic rings. The quantitative estimate of drug-likeness (QED) is 0.0222. The number of phosphoric ester groups is 2. The Hall–Kier alpha value is -1.94. The lowest BCUT2D eigenvalue weighted by atomic mass is 9.99. The van der Waals surface area contributed by atoms with Gasteiger partial charge < -0.3 is 33.8 Å². The third kappa shape index (κ3) is 78.5. The summed E-state index contributed by atoms with van der Waals surface area (Å²) in [6, 6.07) is 0. The molecular formula is C86H168O17P2. The zero-order valence-electron chi connectivity index (χ0n) is 69.4. The maximum absolute atomic E-state index is 13.1. The van der Waals surface area contributed by atoms with Crippen molar-refractivity contribution in [1.82, 2.24) is 0 Å². The molecule has 0 aliphatic heterocycles. The van der Waals surface area contributed by atoms with Crippen LogP contribution < -0.4 is 0 Å². The number of hydrogen-bond donors (Lipinski definition) is 3. The topological polar surface area (TPSA) is 237 Å². The van der Waals surface area contributed by atoms with Crippen LogP contribution >= 0.6 is 15.6 Å². The first-order chi connectivity index (χ1) is 50.6. The van der Waals surface area contributed by atoms with Gasteiger partial charge in [0.15, 0.2) is 12.2 Å². The first-order valence-electron chi connectivity index (χ1n) is 44.2. The van der Waals surface area contributed by atoms with Gasteiger partial charge in [0.2, 0.25) is 0 Å². The fourth-order valence-corrected chi connectivity index (χ4v) is 14.9. The lowest BCUT2D eigenvalue weighted by Gasteiger charge is -2.21. The molecule has 0 rings (SSSR count). The minimum Gasteiger partial charge on any atom is -0.462 e. The van der Waals surface area contributed by atoms with E-state index in [2.05, 4.69) is 55.4 Å². The fourth-order valence-electron chi connectivity index (χ4n) is 13.3. The van der Waals surface area contributed by atoms with Gasteiger partial charge in [-0.15, -0.1) is 0 Å². The van der Waals surface area contributed by atoms with Gasteiger partial charge in [0, 0.05) is 25.7 Å². The number of unbranched alkanes of at least 4 members (excludes halogenated alkanes) is 48. The van der Waals surface area contributed by atoms with Crippen molar-refractivity contribution in [2.45, 2.75) is 465 Å². The van der Waals surface area contributed by atoms with E-state index >= 15 is 0 Å². The number of esters is 4. The van der Waals surface area contributed by atoms with Crippen molar-refractivity contribution in [1.29, 1.82) is 0 Å². The molecule has 19 heteroatoms. The second-order valence-electron chi connectivity index (χ2n) is 32.6. The number of hydrogen-bond acceptors (Lipinski definition) is 15. The average molecular weight is 1540 g/mol. The standard InChI is InChI=1S/C86H168O17P2/c1-9-79(8)65-57-49-40-34-28-22-17-19-25-31-37-43-53-61-68-85(90)102-81(72-96-83(88)66-58-50-41-35-29-23-18-16-21-27-33-39-47-55-63-77(4)5)74-100-104(92,93)98-70-80(87)71-99-105(94,95)101-75-82(73-97-84(89)67-59-51-45-44-48-56-64-78(6)7)103-86(91)69-60-52-42-36-30-24-15-13-11-10-12-14-20-26-32-38-46-54-62-76(2)3/h76-82,87H,9-75H2,1-8H3,(H,92,93)(H,94,95)/t79?,80?,81-,82-/m1/s1. The summed E-state index contributed by atoms with van der Waals surface area (Å²) in [7, 11) is -9.93. The number of ether oxygens (including phenoxy) is 4. The van der Waals surface area contributed by atoms with Crippen molar-refractivity contribution in [3.63, 3.8) is 0 Å². The number of phosphoric acid groups is 2. The first-order valence-corrected chi connectivity index (χ1v) is 47.2. The van der Waals surface area contributed by atoms with Gasteiger partial charge in [-0.25, -0.2) is 9.13 Å². The highest BCUT2D eigenvalue weighted by atomic mass is 31.2. The maximum atomic E-state index is 13.1. The smallest absolute Gasteiger partial charge is 0.462 e. The lowest BCUT2D eigenvalue weighted by molar-refractivity contribution is -0.161. The summed E-state index contributed by atoms with van der Waals surface area (Å²) in [6.07, 6.45) is 64.0. The third-order valence-electron chi connectivity index (χ3n) is 20.4. The Bertz CT molecular complexity index is 2040. The van der Waals surface area contributed by atoms with Crippen LogP contribution in [0.2, 0.25) is 0 Å². The molecule has 0 aliphatic carbocycles. The number of carbonyl (C=O) groups is 4. The molecular weight excluding hydrogens is 1370 g/mol. The molecule has 0 bridgehead atoms. The predicted molar refractivity (Wildman–Crippen MR) is 432 cm³/mol. The van der Waals surface area contributed by atoms with E-state index in [0.717, 1.165) is 114 Å². The summed E-state index contributed by atoms with van der Waals surface area (Å²) < 4.78 is 68.9. The highest BCUT2D eigenvalue weighted by Gasteiger charge is 2.31. The minimum absolute atomic E-state index is 0.107. The third-order valence-corrected chi connectivity index (χ3v) is 22.3. The Morgan fingerprint density at radius 2 is 0.457 bits per heavy atom. The van der Waals surface area contributed by atoms with Gasteiger partial charge in [0.25, 0.3) is 0 Å². The van der Waals surface area contributed by atoms with Crippen molar-refractivity contribution < 1.29 is 80.2 Å². The molecule has 0 saturated carbocycles. The Morgan fingerprint density at radius 3 is 0.676 bits per heavy atom. The zero-order chi connectivity index (χ0) is 77.4. The molecule has 0 aromatic rings. The molecule has 4 unspecified atom stereocenters. The fraction of sp³-hybridized carbons (Fsp3) is 0.953. The van der Waals surface area contributed by atoms with Crippen LogP contribution in [-0.2, 0) is 65.4 Å². The van der Waals surface area contributed by atoms with Crippen molar-refractivity contribution >= 4 is 39.5 Å². The summed E-state index contributed by atoms with van der Waals surface area (Å²) in [4.78, 5) is 73.2. The van der Waals surface area contributed by atoms with Gasteiger partial charge in [-0.05, 0) is 49.4 Å². The lowest BCUT2D eigenvalue weighted by Crippen LogP contribution is -2.30. The normalized spacial score (nSPS) is 14.2. The summed E-state index contributed by atoms with van der Waals surface area (Å²) in [5, 5.41) is 10.7. The van der Waals surface area contributed by atoms with E-state index in [1.54, 1.807) is 0 Å². The first kappa shape index (κ1) is 103. The van der Waals surface area contributed by atoms with Gasteiger partial charge in [-0.1, -0.05) is 396 Å². The molecule has 17 nitrogen and oxygen atoms in total. The molecule has 0 amide bonds. The largest absolute Gasteiger partial charge is 0.472 e. The molecule has 0 fully saturated rings. The van der Waals surface area contributed by atoms with Gasteiger partial charge in [0.1, 0.15) is 19.3 Å². The van der Waals surface area contributed by atoms with E-state index < -0.39 is 97.5 Å². The van der Waals surface area contributed by atoms with E-state index in [1.165, 1.54) is 244 Å². The van der Waals surface area contributed by atoms with Gasteiger partial charge in [-0.3, -0.25) is 37.3 Å². The van der Waals surface area contributed by atoms with Crippen LogP contribution in [0.4, 0.5) is 0 Å². The number of carbonyl (C=O) groups excluding carboxylic acids is 4. The predicted octanol–water partition coefficient (Wildman–Crippen LogP) is 25.9. The van der Waals surface area contributed by atoms with Crippen molar-refractivity contribution in [2.24, 2.45) is 23.7 Å². The molecule has 0 radical (unpaired) electrons. The Morgan fingerprint density at radius 1 is 0.267 bits per heavy atom. The Balaban J connectivity index is 5.20. The van der Waals surface area contributed by atoms with E-state index in [9.17, 15) is 43.2 Å². The van der Waals surface area contributed by atoms with E-state index in [1.807, 2.05) is 0 Å². The van der Waals surface area contributed by atoms with E-state index in [4.69, 9.17) is 37.0 Å². The van der Waals surface area contributed by atoms with E-state index in [-0.39, 0.29) is 25.7 Å². The summed E-state index contributed by atoms with van der Waals surface area (Å²) in [5.41, 5.74) is 0. The zero-order valence-corrected chi connectivity index (χ0v) is 71.2. The van der Waals surface area contributed by atoms with E-state index in [0.29, 0.717) is 31.6 Å². The van der Waals surface area contributed by atoms with Crippen LogP contribution in [-0.4, -0.2) is 96.7 Å². The van der Waals surface area contributed by atoms with Gasteiger partial charge in [0.05, 0.1) is 26.4 Å². The summed E-state index contributed by atoms with van der Waals surface area (Å²) in [5.74, 6) is 1.04. The van der Waals surface area contributed by atoms with Crippen LogP contribution in [0.15, 0.2) is 0 Å². The highest BCUT2D eigenvalue weighted by Crippen LogP contribution is 2.45. The van der Waals surface area contributed by atoms with Gasteiger partial charge in [-0.2, -0.15) is 0 Å². The van der Waals surface area contributed by atoms with Crippen LogP contribution in [0.3, 0.4) is 0 Å². The van der Waals surface area contributed by atoms with Crippen LogP contribution in [0, 0.1) is 23.7 Å². The molecule has 0 saturated heterocycles. The molecule has 624 valence electrons. The molecule has 0 heterocycles. The van der Waals surface area contributed by atoms with Crippen LogP contribution in [0.5, 0.6) is 0 Å². The highest BCUT2D eigenvalue weighted by molar-refractivity contribution is 7.47. The Labute approximate surface area is 645 Å². The summed E-state index contributed by atoms with van der Waals surface area (Å²) in [6.45, 7) is 14.3. The second kappa shape index (κ2) is 74.8. The van der Waals surface area contributed by atoms with Crippen molar-refractivity contribution in [3.8, 4) is 0 Å². The number of aliphatic hydroxyl groups excluding tert-OH is 1. The molecule has 0 spiro atoms. The molecule has 0 aromatic heterocycles. The minimum atomic E-state index is -4.97. The van der Waals surface area contributed by atoms with Gasteiger partial charge >= 0.3 is 39.5 Å². The van der Waals surface area contributed by atoms with Crippen molar-refractivity contribution in [3.05, 3.63) is 0 Å². The van der Waals surface area contributed by atoms with Crippen LogP contribution in [0.25, 0.3) is 0 Å². The van der Waals surface area contributed by atoms with Crippen LogP contribution in [0.1, 0.15) is 447 Å². The monoisotopic (exact) mass is 1540 g/mol. The number of aliphatic hydroxyl groups is 1. The molecule has 105 heavy (non-hydrogen) atoms. The molecule has 0 aromatic carbocycles. The SMILES string of the molecule is CCC(C)CCCCCCCCCCCCCCCCC(=O)O[C@H](COC(=O)CCCCCCCCCCCCCCCCC(C)C)COP(=O)(O)OCC(O)COP(=O)(O)OC[C@@H](COC(=O)CCCCCCCCC(C)C)OC(=O)CCCCCCCCCCCCCCCCCCCCC(C)C. The summed E-state index contributed by atoms with van der Waals surface area (Å²) >= 11 is 0. The average Bonchev–Trinajstić information content (AvgIpc) is 0.914.